The minimum Gasteiger partial charge on any atom is -0.370 e. The second-order valence-corrected chi connectivity index (χ2v) is 7.54. The van der Waals surface area contributed by atoms with Crippen molar-refractivity contribution in [3.05, 3.63) is 42.5 Å². The lowest BCUT2D eigenvalue weighted by atomic mass is 10.0. The number of aryl methyl sites for hydroxylation is 1. The van der Waals surface area contributed by atoms with Crippen LogP contribution >= 0.6 is 0 Å². The normalized spacial score (nSPS) is 16.3. The van der Waals surface area contributed by atoms with Crippen molar-refractivity contribution >= 4 is 11.7 Å². The van der Waals surface area contributed by atoms with Crippen LogP contribution in [0.2, 0.25) is 0 Å². The van der Waals surface area contributed by atoms with Crippen molar-refractivity contribution < 1.29 is 4.79 Å². The highest BCUT2D eigenvalue weighted by Gasteiger charge is 2.25. The van der Waals surface area contributed by atoms with Crippen LogP contribution in [0.3, 0.4) is 0 Å². The Morgan fingerprint density at radius 3 is 2.59 bits per heavy atom. The Kier molecular flexibility index (Phi) is 6.32. The molecule has 2 amide bonds. The van der Waals surface area contributed by atoms with E-state index in [-0.39, 0.29) is 12.1 Å². The molecule has 1 saturated heterocycles. The van der Waals surface area contributed by atoms with Crippen molar-refractivity contribution in [2.45, 2.75) is 32.7 Å². The molecule has 0 radical (unpaired) electrons. The van der Waals surface area contributed by atoms with E-state index in [1.165, 1.54) is 5.69 Å². The number of nitrogens with zero attached hydrogens (tertiary/aromatic N) is 5. The molecule has 2 aromatic rings. The number of carbonyl (C=O) groups is 1. The summed E-state index contributed by atoms with van der Waals surface area (Å²) in [6, 6.07) is 10.3. The van der Waals surface area contributed by atoms with Crippen LogP contribution in [0.4, 0.5) is 10.5 Å². The summed E-state index contributed by atoms with van der Waals surface area (Å²) < 4.78 is 1.74. The number of anilines is 1. The topological polar surface area (TPSA) is 66.3 Å². The van der Waals surface area contributed by atoms with Crippen LogP contribution in [0.5, 0.6) is 0 Å². The lowest BCUT2D eigenvalue weighted by Gasteiger charge is -2.26. The van der Waals surface area contributed by atoms with Gasteiger partial charge in [-0.1, -0.05) is 32.0 Å². The van der Waals surface area contributed by atoms with Crippen LogP contribution in [0.15, 0.2) is 36.7 Å². The average Bonchev–Trinajstić information content (AvgIpc) is 2.92. The Balaban J connectivity index is 1.63. The van der Waals surface area contributed by atoms with E-state index < -0.39 is 0 Å². The molecule has 1 aliphatic rings. The highest BCUT2D eigenvalue weighted by atomic mass is 16.2. The Hall–Kier alpha value is -2.57. The van der Waals surface area contributed by atoms with Gasteiger partial charge in [-0.05, 0) is 30.9 Å². The lowest BCUT2D eigenvalue weighted by Crippen LogP contribution is -2.44. The summed E-state index contributed by atoms with van der Waals surface area (Å²) in [5.41, 5.74) is 1.22. The van der Waals surface area contributed by atoms with Gasteiger partial charge in [0.25, 0.3) is 0 Å². The van der Waals surface area contributed by atoms with Crippen molar-refractivity contribution in [1.29, 1.82) is 0 Å². The van der Waals surface area contributed by atoms with Gasteiger partial charge in [-0.25, -0.2) is 9.78 Å². The SMILES string of the molecule is CC(C)C[C@H](NC(=O)N1CCCN(c2ccccc2)CC1)c1ncnn1C. The van der Waals surface area contributed by atoms with Crippen molar-refractivity contribution in [2.24, 2.45) is 13.0 Å². The predicted molar refractivity (Wildman–Crippen MR) is 107 cm³/mol. The van der Waals surface area contributed by atoms with Crippen LogP contribution in [-0.2, 0) is 7.05 Å². The number of urea groups is 1. The monoisotopic (exact) mass is 370 g/mol. The molecular weight excluding hydrogens is 340 g/mol. The fourth-order valence-electron chi connectivity index (χ4n) is 3.58. The summed E-state index contributed by atoms with van der Waals surface area (Å²) in [5.74, 6) is 1.25. The summed E-state index contributed by atoms with van der Waals surface area (Å²) in [6.45, 7) is 7.59. The van der Waals surface area contributed by atoms with E-state index in [1.807, 2.05) is 18.0 Å². The van der Waals surface area contributed by atoms with Gasteiger partial charge in [-0.3, -0.25) is 4.68 Å². The minimum absolute atomic E-state index is 0.0152. The molecule has 7 heteroatoms. The zero-order chi connectivity index (χ0) is 19.2. The van der Waals surface area contributed by atoms with Gasteiger partial charge in [-0.15, -0.1) is 0 Å². The van der Waals surface area contributed by atoms with E-state index in [0.717, 1.165) is 38.3 Å². The average molecular weight is 371 g/mol. The van der Waals surface area contributed by atoms with Crippen molar-refractivity contribution in [1.82, 2.24) is 25.0 Å². The van der Waals surface area contributed by atoms with Gasteiger partial charge in [0.05, 0.1) is 6.04 Å². The summed E-state index contributed by atoms with van der Waals surface area (Å²) in [4.78, 5) is 21.6. The molecule has 27 heavy (non-hydrogen) atoms. The zero-order valence-electron chi connectivity index (χ0n) is 16.5. The number of hydrogen-bond donors (Lipinski definition) is 1. The summed E-state index contributed by atoms with van der Waals surface area (Å²) in [6.07, 6.45) is 3.34. The molecule has 146 valence electrons. The standard InChI is InChI=1S/C20H30N6O/c1-16(2)14-18(19-21-15-22-24(19)3)23-20(27)26-11-7-10-25(12-13-26)17-8-5-4-6-9-17/h4-6,8-9,15-16,18H,7,10-14H2,1-3H3,(H,23,27)/t18-/m0/s1. The van der Waals surface area contributed by atoms with Gasteiger partial charge in [0.2, 0.25) is 0 Å². The molecule has 2 heterocycles. The molecule has 0 aliphatic carbocycles. The van der Waals surface area contributed by atoms with Crippen LogP contribution in [0, 0.1) is 5.92 Å². The summed E-state index contributed by atoms with van der Waals surface area (Å²) in [7, 11) is 1.87. The van der Waals surface area contributed by atoms with Crippen molar-refractivity contribution in [2.75, 3.05) is 31.1 Å². The zero-order valence-corrected chi connectivity index (χ0v) is 16.5. The second kappa shape index (κ2) is 8.88. The van der Waals surface area contributed by atoms with Crippen molar-refractivity contribution in [3.8, 4) is 0 Å². The van der Waals surface area contributed by atoms with Gasteiger partial charge in [-0.2, -0.15) is 5.10 Å². The Morgan fingerprint density at radius 1 is 1.15 bits per heavy atom. The third kappa shape index (κ3) is 4.99. The molecule has 0 saturated carbocycles. The molecule has 1 aromatic heterocycles. The maximum Gasteiger partial charge on any atom is 0.318 e. The molecular formula is C20H30N6O. The van der Waals surface area contributed by atoms with E-state index in [1.54, 1.807) is 11.0 Å². The van der Waals surface area contributed by atoms with E-state index in [4.69, 9.17) is 0 Å². The van der Waals surface area contributed by atoms with Crippen LogP contribution < -0.4 is 10.2 Å². The first-order chi connectivity index (χ1) is 13.0. The highest BCUT2D eigenvalue weighted by molar-refractivity contribution is 5.74. The number of rotatable bonds is 5. The third-order valence-electron chi connectivity index (χ3n) is 4.97. The summed E-state index contributed by atoms with van der Waals surface area (Å²) in [5, 5.41) is 7.35. The number of benzene rings is 1. The molecule has 3 rings (SSSR count). The summed E-state index contributed by atoms with van der Waals surface area (Å²) >= 11 is 0. The number of hydrogen-bond acceptors (Lipinski definition) is 4. The molecule has 0 unspecified atom stereocenters. The van der Waals surface area contributed by atoms with Gasteiger partial charge < -0.3 is 15.1 Å². The number of carbonyl (C=O) groups excluding carboxylic acids is 1. The predicted octanol–water partition coefficient (Wildman–Crippen LogP) is 2.82. The molecule has 1 N–H and O–H groups in total. The largest absolute Gasteiger partial charge is 0.370 e. The van der Waals surface area contributed by atoms with Gasteiger partial charge in [0, 0.05) is 38.9 Å². The van der Waals surface area contributed by atoms with Gasteiger partial charge in [0.15, 0.2) is 0 Å². The first kappa shape index (κ1) is 19.2. The van der Waals surface area contributed by atoms with Crippen LogP contribution in [0.25, 0.3) is 0 Å². The van der Waals surface area contributed by atoms with Gasteiger partial charge >= 0.3 is 6.03 Å². The second-order valence-electron chi connectivity index (χ2n) is 7.54. The number of amides is 2. The molecule has 0 spiro atoms. The van der Waals surface area contributed by atoms with Gasteiger partial charge in [0.1, 0.15) is 12.2 Å². The first-order valence-corrected chi connectivity index (χ1v) is 9.74. The Labute approximate surface area is 161 Å². The fraction of sp³-hybridized carbons (Fsp3) is 0.550. The smallest absolute Gasteiger partial charge is 0.318 e. The maximum absolute atomic E-state index is 12.9. The molecule has 1 aliphatic heterocycles. The van der Waals surface area contributed by atoms with Crippen molar-refractivity contribution in [3.63, 3.8) is 0 Å². The Morgan fingerprint density at radius 2 is 1.93 bits per heavy atom. The molecule has 1 aromatic carbocycles. The van der Waals surface area contributed by atoms with Crippen LogP contribution in [-0.4, -0.2) is 51.9 Å². The Bertz CT molecular complexity index is 729. The first-order valence-electron chi connectivity index (χ1n) is 9.74. The molecule has 1 atom stereocenters. The number of nitrogens with one attached hydrogen (secondary N) is 1. The highest BCUT2D eigenvalue weighted by Crippen LogP contribution is 2.20. The van der Waals surface area contributed by atoms with E-state index >= 15 is 0 Å². The number of para-hydroxylation sites is 1. The maximum atomic E-state index is 12.9. The lowest BCUT2D eigenvalue weighted by molar-refractivity contribution is 0.194. The number of aromatic nitrogens is 3. The van der Waals surface area contributed by atoms with E-state index in [0.29, 0.717) is 12.5 Å². The molecule has 7 nitrogen and oxygen atoms in total. The van der Waals surface area contributed by atoms with Crippen LogP contribution in [0.1, 0.15) is 38.6 Å². The molecule has 0 bridgehead atoms. The van der Waals surface area contributed by atoms with E-state index in [2.05, 4.69) is 58.4 Å². The molecule has 1 fully saturated rings. The van der Waals surface area contributed by atoms with E-state index in [9.17, 15) is 4.79 Å². The quantitative estimate of drug-likeness (QED) is 0.879. The fourth-order valence-corrected chi connectivity index (χ4v) is 3.58. The third-order valence-corrected chi connectivity index (χ3v) is 4.97. The minimum atomic E-state index is -0.126.